The van der Waals surface area contributed by atoms with Crippen molar-refractivity contribution < 1.29 is 0 Å². The van der Waals surface area contributed by atoms with Crippen LogP contribution in [0.15, 0.2) is 0 Å². The summed E-state index contributed by atoms with van der Waals surface area (Å²) >= 11 is 0. The molecule has 2 rings (SSSR count). The average molecular weight is 249 g/mol. The molecule has 1 aromatic rings. The first-order valence-electron chi connectivity index (χ1n) is 7.33. The monoisotopic (exact) mass is 249 g/mol. The minimum atomic E-state index is 0.433. The van der Waals surface area contributed by atoms with E-state index in [9.17, 15) is 0 Å². The molecule has 1 aromatic heterocycles. The van der Waals surface area contributed by atoms with Gasteiger partial charge in [-0.25, -0.2) is 0 Å². The molecule has 2 unspecified atom stereocenters. The van der Waals surface area contributed by atoms with Crippen molar-refractivity contribution in [3.63, 3.8) is 0 Å². The van der Waals surface area contributed by atoms with Crippen LogP contribution in [0.2, 0.25) is 0 Å². The number of hydrogen-bond acceptors (Lipinski definition) is 2. The Balaban J connectivity index is 2.18. The van der Waals surface area contributed by atoms with Crippen LogP contribution in [0.25, 0.3) is 0 Å². The van der Waals surface area contributed by atoms with E-state index in [2.05, 4.69) is 49.7 Å². The lowest BCUT2D eigenvalue weighted by molar-refractivity contribution is 0.349. The van der Waals surface area contributed by atoms with Crippen molar-refractivity contribution in [3.8, 4) is 0 Å². The molecule has 2 atom stereocenters. The van der Waals surface area contributed by atoms with Gasteiger partial charge >= 0.3 is 0 Å². The topological polar surface area (TPSA) is 29.9 Å². The second kappa shape index (κ2) is 5.33. The van der Waals surface area contributed by atoms with Crippen molar-refractivity contribution in [1.29, 1.82) is 0 Å². The molecule has 0 bridgehead atoms. The van der Waals surface area contributed by atoms with Crippen molar-refractivity contribution >= 4 is 5.69 Å². The van der Waals surface area contributed by atoms with Gasteiger partial charge in [0.25, 0.3) is 0 Å². The van der Waals surface area contributed by atoms with Crippen LogP contribution in [0.3, 0.4) is 0 Å². The van der Waals surface area contributed by atoms with E-state index in [0.29, 0.717) is 12.1 Å². The maximum Gasteiger partial charge on any atom is 0.0828 e. The zero-order chi connectivity index (χ0) is 13.3. The number of nitrogens with zero attached hydrogens (tertiary/aromatic N) is 2. The van der Waals surface area contributed by atoms with E-state index in [-0.39, 0.29) is 0 Å². The fourth-order valence-electron chi connectivity index (χ4n) is 3.09. The molecule has 0 aromatic carbocycles. The molecule has 3 nitrogen and oxygen atoms in total. The number of rotatable bonds is 3. The second-order valence-electron chi connectivity index (χ2n) is 6.10. The molecule has 1 saturated carbocycles. The van der Waals surface area contributed by atoms with E-state index in [0.717, 1.165) is 11.6 Å². The Morgan fingerprint density at radius 1 is 1.22 bits per heavy atom. The van der Waals surface area contributed by atoms with Crippen molar-refractivity contribution in [3.05, 3.63) is 11.4 Å². The summed E-state index contributed by atoms with van der Waals surface area (Å²) in [5, 5.41) is 8.41. The Morgan fingerprint density at radius 2 is 1.89 bits per heavy atom. The third kappa shape index (κ3) is 2.55. The molecular weight excluding hydrogens is 222 g/mol. The molecule has 1 fully saturated rings. The fourth-order valence-corrected chi connectivity index (χ4v) is 3.09. The molecule has 0 aliphatic heterocycles. The minimum absolute atomic E-state index is 0.433. The van der Waals surface area contributed by atoms with Crippen LogP contribution in [0.5, 0.6) is 0 Å². The van der Waals surface area contributed by atoms with E-state index in [1.807, 2.05) is 0 Å². The minimum Gasteiger partial charge on any atom is -0.379 e. The summed E-state index contributed by atoms with van der Waals surface area (Å²) < 4.78 is 2.13. The lowest BCUT2D eigenvalue weighted by Gasteiger charge is -2.30. The SMILES string of the molecule is Cc1nn(C(C)C)c(C)c1NC1CCCCC1C. The summed E-state index contributed by atoms with van der Waals surface area (Å²) in [7, 11) is 0. The summed E-state index contributed by atoms with van der Waals surface area (Å²) in [6.07, 6.45) is 5.40. The first kappa shape index (κ1) is 13.4. The van der Waals surface area contributed by atoms with Crippen LogP contribution in [-0.4, -0.2) is 15.8 Å². The van der Waals surface area contributed by atoms with Crippen LogP contribution in [0.1, 0.15) is 63.9 Å². The maximum absolute atomic E-state index is 4.65. The third-order valence-corrected chi connectivity index (χ3v) is 4.26. The third-order valence-electron chi connectivity index (χ3n) is 4.26. The van der Waals surface area contributed by atoms with E-state index in [4.69, 9.17) is 0 Å². The number of anilines is 1. The van der Waals surface area contributed by atoms with Gasteiger partial charge in [-0.15, -0.1) is 0 Å². The lowest BCUT2D eigenvalue weighted by atomic mass is 9.86. The van der Waals surface area contributed by atoms with Crippen LogP contribution < -0.4 is 5.32 Å². The standard InChI is InChI=1S/C15H27N3/c1-10(2)18-13(5)15(12(4)17-18)16-14-9-7-6-8-11(14)3/h10-11,14,16H,6-9H2,1-5H3. The Morgan fingerprint density at radius 3 is 2.44 bits per heavy atom. The molecule has 18 heavy (non-hydrogen) atoms. The fraction of sp³-hybridized carbons (Fsp3) is 0.800. The maximum atomic E-state index is 4.65. The van der Waals surface area contributed by atoms with Crippen LogP contribution in [0, 0.1) is 19.8 Å². The predicted molar refractivity (Wildman–Crippen MR) is 77.1 cm³/mol. The summed E-state index contributed by atoms with van der Waals surface area (Å²) in [4.78, 5) is 0. The molecule has 0 spiro atoms. The van der Waals surface area contributed by atoms with E-state index < -0.39 is 0 Å². The predicted octanol–water partition coefficient (Wildman–Crippen LogP) is 4.07. The van der Waals surface area contributed by atoms with Crippen LogP contribution >= 0.6 is 0 Å². The van der Waals surface area contributed by atoms with Crippen molar-refractivity contribution in [2.45, 2.75) is 72.4 Å². The molecule has 102 valence electrons. The molecule has 1 N–H and O–H groups in total. The van der Waals surface area contributed by atoms with Gasteiger partial charge in [0.05, 0.1) is 17.1 Å². The molecule has 1 aliphatic carbocycles. The van der Waals surface area contributed by atoms with Crippen LogP contribution in [0.4, 0.5) is 5.69 Å². The van der Waals surface area contributed by atoms with E-state index in [1.165, 1.54) is 37.1 Å². The number of aryl methyl sites for hydroxylation is 1. The van der Waals surface area contributed by atoms with Gasteiger partial charge in [-0.3, -0.25) is 4.68 Å². The second-order valence-corrected chi connectivity index (χ2v) is 6.10. The molecule has 0 saturated heterocycles. The van der Waals surface area contributed by atoms with Crippen molar-refractivity contribution in [1.82, 2.24) is 9.78 Å². The number of hydrogen-bond donors (Lipinski definition) is 1. The highest BCUT2D eigenvalue weighted by Crippen LogP contribution is 2.30. The van der Waals surface area contributed by atoms with Gasteiger partial charge in [-0.05, 0) is 46.5 Å². The van der Waals surface area contributed by atoms with E-state index in [1.54, 1.807) is 0 Å². The van der Waals surface area contributed by atoms with Gasteiger partial charge in [0, 0.05) is 12.1 Å². The van der Waals surface area contributed by atoms with Crippen LogP contribution in [-0.2, 0) is 0 Å². The van der Waals surface area contributed by atoms with Gasteiger partial charge in [-0.2, -0.15) is 5.10 Å². The molecule has 0 radical (unpaired) electrons. The lowest BCUT2D eigenvalue weighted by Crippen LogP contribution is -2.30. The Hall–Kier alpha value is -0.990. The summed E-state index contributed by atoms with van der Waals surface area (Å²) in [6.45, 7) is 11.0. The molecule has 1 heterocycles. The van der Waals surface area contributed by atoms with Gasteiger partial charge in [0.15, 0.2) is 0 Å². The summed E-state index contributed by atoms with van der Waals surface area (Å²) in [5.41, 5.74) is 3.68. The zero-order valence-corrected chi connectivity index (χ0v) is 12.5. The highest BCUT2D eigenvalue weighted by Gasteiger charge is 2.23. The van der Waals surface area contributed by atoms with Crippen molar-refractivity contribution in [2.24, 2.45) is 5.92 Å². The van der Waals surface area contributed by atoms with E-state index >= 15 is 0 Å². The van der Waals surface area contributed by atoms with Gasteiger partial charge in [-0.1, -0.05) is 19.8 Å². The highest BCUT2D eigenvalue weighted by atomic mass is 15.3. The summed E-state index contributed by atoms with van der Waals surface area (Å²) in [6, 6.07) is 1.06. The zero-order valence-electron chi connectivity index (χ0n) is 12.5. The largest absolute Gasteiger partial charge is 0.379 e. The number of nitrogens with one attached hydrogen (secondary N) is 1. The molecule has 3 heteroatoms. The summed E-state index contributed by atoms with van der Waals surface area (Å²) in [5.74, 6) is 0.778. The normalized spacial score (nSPS) is 24.6. The van der Waals surface area contributed by atoms with Gasteiger partial charge in [0.1, 0.15) is 0 Å². The Kier molecular flexibility index (Phi) is 3.98. The molecule has 1 aliphatic rings. The molecule has 0 amide bonds. The Bertz CT molecular complexity index is 406. The Labute approximate surface area is 111 Å². The number of aromatic nitrogens is 2. The first-order chi connectivity index (χ1) is 8.50. The average Bonchev–Trinajstić information content (AvgIpc) is 2.60. The highest BCUT2D eigenvalue weighted by molar-refractivity contribution is 5.53. The van der Waals surface area contributed by atoms with Gasteiger partial charge < -0.3 is 5.32 Å². The smallest absolute Gasteiger partial charge is 0.0828 e. The van der Waals surface area contributed by atoms with Crippen molar-refractivity contribution in [2.75, 3.05) is 5.32 Å². The van der Waals surface area contributed by atoms with Gasteiger partial charge in [0.2, 0.25) is 0 Å². The first-order valence-corrected chi connectivity index (χ1v) is 7.33. The molecular formula is C15H27N3. The quantitative estimate of drug-likeness (QED) is 0.875.